The van der Waals surface area contributed by atoms with Crippen molar-refractivity contribution < 1.29 is 19.1 Å². The molecule has 180 valence electrons. The first-order valence-corrected chi connectivity index (χ1v) is 11.4. The van der Waals surface area contributed by atoms with E-state index in [0.717, 1.165) is 5.56 Å². The average molecular weight is 480 g/mol. The minimum Gasteiger partial charge on any atom is -0.492 e. The first-order chi connectivity index (χ1) is 17.6. The number of carbonyl (C=O) groups excluding carboxylic acids is 3. The van der Waals surface area contributed by atoms with Gasteiger partial charge in [0.25, 0.3) is 17.7 Å². The molecule has 0 aliphatic heterocycles. The fourth-order valence-corrected chi connectivity index (χ4v) is 3.45. The van der Waals surface area contributed by atoms with E-state index in [1.54, 1.807) is 72.8 Å². The zero-order valence-corrected chi connectivity index (χ0v) is 19.4. The van der Waals surface area contributed by atoms with Crippen LogP contribution in [0.25, 0.3) is 0 Å². The number of rotatable bonds is 8. The Bertz CT molecular complexity index is 1320. The van der Waals surface area contributed by atoms with Gasteiger partial charge in [-0.15, -0.1) is 0 Å². The average Bonchev–Trinajstić information content (AvgIpc) is 2.93. The van der Waals surface area contributed by atoms with E-state index in [0.29, 0.717) is 41.2 Å². The van der Waals surface area contributed by atoms with Crippen molar-refractivity contribution in [2.45, 2.75) is 6.42 Å². The molecule has 0 bridgehead atoms. The smallest absolute Gasteiger partial charge is 0.273 e. The van der Waals surface area contributed by atoms with Gasteiger partial charge in [-0.1, -0.05) is 60.7 Å². The van der Waals surface area contributed by atoms with Crippen molar-refractivity contribution in [3.05, 3.63) is 131 Å². The highest BCUT2D eigenvalue weighted by molar-refractivity contribution is 6.04. The summed E-state index contributed by atoms with van der Waals surface area (Å²) in [5.41, 5.74) is 7.68. The summed E-state index contributed by atoms with van der Waals surface area (Å²) >= 11 is 0. The van der Waals surface area contributed by atoms with Crippen molar-refractivity contribution in [3.8, 4) is 5.75 Å². The number of hydrogen-bond donors (Lipinski definition) is 3. The van der Waals surface area contributed by atoms with E-state index in [1.807, 2.05) is 36.4 Å². The number of hydrogen-bond acceptors (Lipinski definition) is 4. The summed E-state index contributed by atoms with van der Waals surface area (Å²) in [7, 11) is 0. The Labute approximate surface area is 209 Å². The van der Waals surface area contributed by atoms with E-state index >= 15 is 0 Å². The van der Waals surface area contributed by atoms with Crippen LogP contribution in [0.5, 0.6) is 5.75 Å². The van der Waals surface area contributed by atoms with Gasteiger partial charge in [0.1, 0.15) is 5.75 Å². The maximum absolute atomic E-state index is 12.7. The predicted octanol–water partition coefficient (Wildman–Crippen LogP) is 4.64. The number of anilines is 1. The lowest BCUT2D eigenvalue weighted by Gasteiger charge is -2.12. The quantitative estimate of drug-likeness (QED) is 0.321. The van der Waals surface area contributed by atoms with Crippen molar-refractivity contribution in [1.29, 1.82) is 0 Å². The Morgan fingerprint density at radius 1 is 0.583 bits per heavy atom. The highest BCUT2D eigenvalue weighted by Gasteiger charge is 2.14. The second-order valence-electron chi connectivity index (χ2n) is 7.89. The van der Waals surface area contributed by atoms with Crippen LogP contribution in [-0.4, -0.2) is 24.3 Å². The van der Waals surface area contributed by atoms with Gasteiger partial charge in [-0.05, 0) is 54.1 Å². The Hall–Kier alpha value is -4.91. The van der Waals surface area contributed by atoms with Gasteiger partial charge in [0.15, 0.2) is 0 Å². The summed E-state index contributed by atoms with van der Waals surface area (Å²) in [6.45, 7) is 0.411. The van der Waals surface area contributed by atoms with Crippen molar-refractivity contribution in [1.82, 2.24) is 10.9 Å². The molecule has 0 radical (unpaired) electrons. The molecule has 7 heteroatoms. The fraction of sp³-hybridized carbons (Fsp3) is 0.0690. The van der Waals surface area contributed by atoms with Crippen molar-refractivity contribution in [2.24, 2.45) is 0 Å². The first-order valence-electron chi connectivity index (χ1n) is 11.4. The highest BCUT2D eigenvalue weighted by Crippen LogP contribution is 2.18. The van der Waals surface area contributed by atoms with Crippen LogP contribution < -0.4 is 20.9 Å². The zero-order valence-electron chi connectivity index (χ0n) is 19.4. The monoisotopic (exact) mass is 479 g/mol. The molecule has 4 rings (SSSR count). The predicted molar refractivity (Wildman–Crippen MR) is 138 cm³/mol. The Kier molecular flexibility index (Phi) is 8.07. The van der Waals surface area contributed by atoms with Crippen LogP contribution in [-0.2, 0) is 6.42 Å². The van der Waals surface area contributed by atoms with Crippen LogP contribution in [0.15, 0.2) is 109 Å². The number of benzene rings is 4. The summed E-state index contributed by atoms with van der Waals surface area (Å²) in [5, 5.41) is 2.78. The second-order valence-corrected chi connectivity index (χ2v) is 7.89. The van der Waals surface area contributed by atoms with Gasteiger partial charge in [0.2, 0.25) is 0 Å². The number of hydrazine groups is 1. The second kappa shape index (κ2) is 12.0. The van der Waals surface area contributed by atoms with Crippen LogP contribution >= 0.6 is 0 Å². The van der Waals surface area contributed by atoms with Crippen molar-refractivity contribution >= 4 is 23.4 Å². The Morgan fingerprint density at radius 2 is 1.17 bits per heavy atom. The van der Waals surface area contributed by atoms with Crippen LogP contribution in [0.2, 0.25) is 0 Å². The van der Waals surface area contributed by atoms with Crippen LogP contribution in [0.4, 0.5) is 5.69 Å². The SMILES string of the molecule is O=C(NNC(=O)c1ccccc1OCCc1ccccc1)c1ccc(NC(=O)c2ccccc2)cc1. The lowest BCUT2D eigenvalue weighted by atomic mass is 10.1. The Balaban J connectivity index is 1.29. The Morgan fingerprint density at radius 3 is 1.89 bits per heavy atom. The molecule has 4 aromatic rings. The zero-order chi connectivity index (χ0) is 25.2. The molecular formula is C29H25N3O4. The molecule has 0 fully saturated rings. The first kappa shape index (κ1) is 24.2. The largest absolute Gasteiger partial charge is 0.492 e. The van der Waals surface area contributed by atoms with Gasteiger partial charge in [0, 0.05) is 23.2 Å². The lowest BCUT2D eigenvalue weighted by molar-refractivity contribution is 0.0844. The normalized spacial score (nSPS) is 10.2. The van der Waals surface area contributed by atoms with Gasteiger partial charge in [-0.25, -0.2) is 0 Å². The molecule has 0 saturated heterocycles. The number of nitrogens with one attached hydrogen (secondary N) is 3. The number of ether oxygens (including phenoxy) is 1. The highest BCUT2D eigenvalue weighted by atomic mass is 16.5. The van der Waals surface area contributed by atoms with E-state index in [9.17, 15) is 14.4 Å². The van der Waals surface area contributed by atoms with Gasteiger partial charge < -0.3 is 10.1 Å². The summed E-state index contributed by atoms with van der Waals surface area (Å²) < 4.78 is 5.82. The molecule has 7 nitrogen and oxygen atoms in total. The number of carbonyl (C=O) groups is 3. The fourth-order valence-electron chi connectivity index (χ4n) is 3.45. The van der Waals surface area contributed by atoms with E-state index in [2.05, 4.69) is 16.2 Å². The third kappa shape index (κ3) is 6.57. The van der Waals surface area contributed by atoms with Gasteiger partial charge in [-0.2, -0.15) is 0 Å². The topological polar surface area (TPSA) is 96.5 Å². The minimum absolute atomic E-state index is 0.246. The molecule has 0 spiro atoms. The maximum atomic E-state index is 12.7. The maximum Gasteiger partial charge on any atom is 0.273 e. The summed E-state index contributed by atoms with van der Waals surface area (Å²) in [6, 6.07) is 32.0. The molecule has 3 N–H and O–H groups in total. The van der Waals surface area contributed by atoms with Gasteiger partial charge in [0.05, 0.1) is 12.2 Å². The number of amides is 3. The van der Waals surface area contributed by atoms with E-state index < -0.39 is 11.8 Å². The van der Waals surface area contributed by atoms with E-state index in [1.165, 1.54) is 0 Å². The summed E-state index contributed by atoms with van der Waals surface area (Å²) in [4.78, 5) is 37.5. The van der Waals surface area contributed by atoms with Crippen LogP contribution in [0, 0.1) is 0 Å². The molecule has 0 aromatic heterocycles. The minimum atomic E-state index is -0.495. The summed E-state index contributed by atoms with van der Waals surface area (Å²) in [6.07, 6.45) is 0.704. The van der Waals surface area contributed by atoms with E-state index in [-0.39, 0.29) is 5.91 Å². The molecule has 0 aliphatic rings. The molecule has 0 atom stereocenters. The molecule has 0 unspecified atom stereocenters. The number of para-hydroxylation sites is 1. The lowest BCUT2D eigenvalue weighted by Crippen LogP contribution is -2.41. The molecule has 0 aliphatic carbocycles. The molecule has 4 aromatic carbocycles. The third-order valence-electron chi connectivity index (χ3n) is 5.35. The van der Waals surface area contributed by atoms with Crippen LogP contribution in [0.3, 0.4) is 0 Å². The standard InChI is InChI=1S/C29H25N3O4/c33-27(22-11-5-2-6-12-22)30-24-17-15-23(16-18-24)28(34)31-32-29(35)25-13-7-8-14-26(25)36-20-19-21-9-3-1-4-10-21/h1-18H,19-20H2,(H,30,33)(H,31,34)(H,32,35). The van der Waals surface area contributed by atoms with Crippen molar-refractivity contribution in [2.75, 3.05) is 11.9 Å². The third-order valence-corrected chi connectivity index (χ3v) is 5.35. The molecular weight excluding hydrogens is 454 g/mol. The molecule has 3 amide bonds. The van der Waals surface area contributed by atoms with Gasteiger partial charge in [-0.3, -0.25) is 25.2 Å². The summed E-state index contributed by atoms with van der Waals surface area (Å²) in [5.74, 6) is -0.805. The van der Waals surface area contributed by atoms with Crippen molar-refractivity contribution in [3.63, 3.8) is 0 Å². The van der Waals surface area contributed by atoms with E-state index in [4.69, 9.17) is 4.74 Å². The molecule has 0 heterocycles. The van der Waals surface area contributed by atoms with Crippen LogP contribution in [0.1, 0.15) is 36.6 Å². The molecule has 0 saturated carbocycles. The van der Waals surface area contributed by atoms with Gasteiger partial charge >= 0.3 is 0 Å². The molecule has 36 heavy (non-hydrogen) atoms.